The lowest BCUT2D eigenvalue weighted by molar-refractivity contribution is 0.102. The second-order valence-electron chi connectivity index (χ2n) is 6.97. The van der Waals surface area contributed by atoms with Gasteiger partial charge in [0.1, 0.15) is 18.2 Å². The number of rotatable bonds is 8. The van der Waals surface area contributed by atoms with Gasteiger partial charge in [-0.2, -0.15) is 0 Å². The molecule has 0 bridgehead atoms. The number of nitrogens with one attached hydrogen (secondary N) is 2. The van der Waals surface area contributed by atoms with E-state index >= 15 is 0 Å². The molecular weight excluding hydrogens is 423 g/mol. The van der Waals surface area contributed by atoms with Gasteiger partial charge in [-0.3, -0.25) is 9.78 Å². The zero-order valence-corrected chi connectivity index (χ0v) is 17.8. The maximum Gasteiger partial charge on any atom is 0.259 e. The first-order valence-corrected chi connectivity index (χ1v) is 10.1. The van der Waals surface area contributed by atoms with Crippen LogP contribution in [-0.2, 0) is 6.61 Å². The first-order valence-electron chi connectivity index (χ1n) is 10.1. The molecule has 1 amide bonds. The standard InChI is InChI=1S/C25H21FN4O3/c1-32-22-11-10-18(14-23(22)33-16-17-6-4-12-27-15-17)29-25(31)19-7-5-13-28-24(19)30-21-9-3-2-8-20(21)26/h2-15H,16H2,1H3,(H,28,30)(H,29,31). The summed E-state index contributed by atoms with van der Waals surface area (Å²) in [5, 5.41) is 5.71. The van der Waals surface area contributed by atoms with E-state index in [1.807, 2.05) is 12.1 Å². The van der Waals surface area contributed by atoms with E-state index in [9.17, 15) is 9.18 Å². The van der Waals surface area contributed by atoms with Gasteiger partial charge < -0.3 is 20.1 Å². The number of nitrogens with zero attached hydrogens (tertiary/aromatic N) is 2. The molecule has 0 aliphatic carbocycles. The van der Waals surface area contributed by atoms with Crippen molar-refractivity contribution < 1.29 is 18.7 Å². The highest BCUT2D eigenvalue weighted by molar-refractivity contribution is 6.07. The number of benzene rings is 2. The molecule has 0 spiro atoms. The Bertz CT molecular complexity index is 1250. The molecule has 0 radical (unpaired) electrons. The van der Waals surface area contributed by atoms with Crippen molar-refractivity contribution in [2.45, 2.75) is 6.61 Å². The number of methoxy groups -OCH3 is 1. The fraction of sp³-hybridized carbons (Fsp3) is 0.0800. The van der Waals surface area contributed by atoms with Crippen LogP contribution in [-0.4, -0.2) is 23.0 Å². The van der Waals surface area contributed by atoms with Crippen LogP contribution in [0.3, 0.4) is 0 Å². The quantitative estimate of drug-likeness (QED) is 0.389. The molecule has 4 rings (SSSR count). The fourth-order valence-electron chi connectivity index (χ4n) is 3.09. The minimum Gasteiger partial charge on any atom is -0.493 e. The van der Waals surface area contributed by atoms with Crippen molar-refractivity contribution in [2.75, 3.05) is 17.7 Å². The third-order valence-electron chi connectivity index (χ3n) is 4.72. The molecule has 0 atom stereocenters. The van der Waals surface area contributed by atoms with E-state index in [0.717, 1.165) is 5.56 Å². The predicted octanol–water partition coefficient (Wildman–Crippen LogP) is 5.20. The van der Waals surface area contributed by atoms with Gasteiger partial charge in [-0.15, -0.1) is 0 Å². The lowest BCUT2D eigenvalue weighted by atomic mass is 10.2. The van der Waals surface area contributed by atoms with Crippen LogP contribution in [0.5, 0.6) is 11.5 Å². The largest absolute Gasteiger partial charge is 0.493 e. The molecule has 2 aromatic heterocycles. The Labute approximate surface area is 190 Å². The number of ether oxygens (including phenoxy) is 2. The summed E-state index contributed by atoms with van der Waals surface area (Å²) >= 11 is 0. The van der Waals surface area contributed by atoms with Crippen LogP contribution >= 0.6 is 0 Å². The summed E-state index contributed by atoms with van der Waals surface area (Å²) in [5.74, 6) is 0.377. The van der Waals surface area contributed by atoms with Gasteiger partial charge in [0.05, 0.1) is 18.4 Å². The van der Waals surface area contributed by atoms with Crippen LogP contribution in [0.25, 0.3) is 0 Å². The number of hydrogen-bond donors (Lipinski definition) is 2. The van der Waals surface area contributed by atoms with Crippen molar-refractivity contribution >= 4 is 23.1 Å². The Morgan fingerprint density at radius 1 is 1.00 bits per heavy atom. The topological polar surface area (TPSA) is 85.4 Å². The number of carbonyl (C=O) groups excluding carboxylic acids is 1. The molecule has 4 aromatic rings. The Morgan fingerprint density at radius 2 is 1.85 bits per heavy atom. The zero-order chi connectivity index (χ0) is 23.0. The van der Waals surface area contributed by atoms with Gasteiger partial charge in [-0.05, 0) is 42.5 Å². The summed E-state index contributed by atoms with van der Waals surface area (Å²) in [5.41, 5.74) is 1.88. The molecule has 0 saturated heterocycles. The summed E-state index contributed by atoms with van der Waals surface area (Å²) in [4.78, 5) is 21.3. The summed E-state index contributed by atoms with van der Waals surface area (Å²) in [7, 11) is 1.54. The van der Waals surface area contributed by atoms with Gasteiger partial charge in [-0.1, -0.05) is 18.2 Å². The molecule has 8 heteroatoms. The van der Waals surface area contributed by atoms with E-state index in [0.29, 0.717) is 23.8 Å². The van der Waals surface area contributed by atoms with Crippen molar-refractivity contribution in [2.24, 2.45) is 0 Å². The number of halogens is 1. The SMILES string of the molecule is COc1ccc(NC(=O)c2cccnc2Nc2ccccc2F)cc1OCc1cccnc1. The Kier molecular flexibility index (Phi) is 6.75. The van der Waals surface area contributed by atoms with Crippen molar-refractivity contribution in [1.82, 2.24) is 9.97 Å². The second-order valence-corrected chi connectivity index (χ2v) is 6.97. The molecule has 0 saturated carbocycles. The zero-order valence-electron chi connectivity index (χ0n) is 17.8. The Morgan fingerprint density at radius 3 is 2.64 bits per heavy atom. The summed E-state index contributed by atoms with van der Waals surface area (Å²) < 4.78 is 25.3. The van der Waals surface area contributed by atoms with Gasteiger partial charge in [0.25, 0.3) is 5.91 Å². The third-order valence-corrected chi connectivity index (χ3v) is 4.72. The number of amides is 1. The molecular formula is C25H21FN4O3. The number of pyridine rings is 2. The van der Waals surface area contributed by atoms with Crippen LogP contribution < -0.4 is 20.1 Å². The number of anilines is 3. The smallest absolute Gasteiger partial charge is 0.259 e. The van der Waals surface area contributed by atoms with E-state index in [1.54, 1.807) is 68.0 Å². The van der Waals surface area contributed by atoms with Crippen LogP contribution in [0.2, 0.25) is 0 Å². The molecule has 2 N–H and O–H groups in total. The molecule has 2 heterocycles. The average Bonchev–Trinajstić information content (AvgIpc) is 2.85. The van der Waals surface area contributed by atoms with Crippen LogP contribution in [0.15, 0.2) is 85.3 Å². The van der Waals surface area contributed by atoms with Gasteiger partial charge in [0.15, 0.2) is 11.5 Å². The minimum absolute atomic E-state index is 0.223. The number of carbonyl (C=O) groups is 1. The van der Waals surface area contributed by atoms with E-state index < -0.39 is 11.7 Å². The molecule has 0 aliphatic heterocycles. The van der Waals surface area contributed by atoms with Crippen LogP contribution in [0.4, 0.5) is 21.6 Å². The van der Waals surface area contributed by atoms with Gasteiger partial charge >= 0.3 is 0 Å². The Hall–Kier alpha value is -4.46. The lowest BCUT2D eigenvalue weighted by Crippen LogP contribution is -2.15. The normalized spacial score (nSPS) is 10.4. The highest BCUT2D eigenvalue weighted by Crippen LogP contribution is 2.31. The minimum atomic E-state index is -0.444. The molecule has 0 unspecified atom stereocenters. The number of para-hydroxylation sites is 1. The van der Waals surface area contributed by atoms with E-state index in [1.165, 1.54) is 12.3 Å². The molecule has 33 heavy (non-hydrogen) atoms. The van der Waals surface area contributed by atoms with E-state index in [2.05, 4.69) is 20.6 Å². The van der Waals surface area contributed by atoms with Crippen molar-refractivity contribution in [3.63, 3.8) is 0 Å². The monoisotopic (exact) mass is 444 g/mol. The lowest BCUT2D eigenvalue weighted by Gasteiger charge is -2.14. The molecule has 0 fully saturated rings. The maximum absolute atomic E-state index is 14.0. The van der Waals surface area contributed by atoms with E-state index in [4.69, 9.17) is 9.47 Å². The van der Waals surface area contributed by atoms with Crippen molar-refractivity contribution in [3.8, 4) is 11.5 Å². The fourth-order valence-corrected chi connectivity index (χ4v) is 3.09. The first kappa shape index (κ1) is 21.8. The number of hydrogen-bond acceptors (Lipinski definition) is 6. The van der Waals surface area contributed by atoms with Crippen LogP contribution in [0, 0.1) is 5.82 Å². The first-order chi connectivity index (χ1) is 16.1. The van der Waals surface area contributed by atoms with Gasteiger partial charge in [0.2, 0.25) is 0 Å². The second kappa shape index (κ2) is 10.2. The molecule has 0 aliphatic rings. The maximum atomic E-state index is 14.0. The molecule has 7 nitrogen and oxygen atoms in total. The van der Waals surface area contributed by atoms with Crippen LogP contribution in [0.1, 0.15) is 15.9 Å². The highest BCUT2D eigenvalue weighted by Gasteiger charge is 2.15. The average molecular weight is 444 g/mol. The van der Waals surface area contributed by atoms with Gasteiger partial charge in [-0.25, -0.2) is 9.37 Å². The van der Waals surface area contributed by atoms with Crippen molar-refractivity contribution in [3.05, 3.63) is 102 Å². The van der Waals surface area contributed by atoms with Gasteiger partial charge in [0, 0.05) is 35.9 Å². The Balaban J connectivity index is 1.52. The predicted molar refractivity (Wildman–Crippen MR) is 123 cm³/mol. The molecule has 2 aromatic carbocycles. The number of aromatic nitrogens is 2. The van der Waals surface area contributed by atoms with Crippen molar-refractivity contribution in [1.29, 1.82) is 0 Å². The van der Waals surface area contributed by atoms with E-state index in [-0.39, 0.29) is 17.1 Å². The summed E-state index contributed by atoms with van der Waals surface area (Å²) in [6.45, 7) is 0.293. The summed E-state index contributed by atoms with van der Waals surface area (Å²) in [6, 6.07) is 18.2. The highest BCUT2D eigenvalue weighted by atomic mass is 19.1. The third kappa shape index (κ3) is 5.43. The summed E-state index contributed by atoms with van der Waals surface area (Å²) in [6.07, 6.45) is 4.93. The molecule has 166 valence electrons.